The lowest BCUT2D eigenvalue weighted by molar-refractivity contribution is 1.09. The molecule has 0 fully saturated rings. The van der Waals surface area contributed by atoms with E-state index in [1.54, 1.807) is 17.5 Å². The fraction of sp³-hybridized carbons (Fsp3) is 0.143. The van der Waals surface area contributed by atoms with Gasteiger partial charge in [0.2, 0.25) is 0 Å². The summed E-state index contributed by atoms with van der Waals surface area (Å²) in [5.41, 5.74) is 4.03. The van der Waals surface area contributed by atoms with Crippen LogP contribution in [0.1, 0.15) is 5.69 Å². The van der Waals surface area contributed by atoms with Crippen molar-refractivity contribution in [3.63, 3.8) is 0 Å². The molecule has 1 N–H and O–H groups in total. The summed E-state index contributed by atoms with van der Waals surface area (Å²) in [6, 6.07) is 0. The molecule has 2 heterocycles. The van der Waals surface area contributed by atoms with E-state index >= 15 is 0 Å². The average Bonchev–Trinajstić information content (AvgIpc) is 2.55. The standard InChI is InChI=1S/C7H7N3S/c1-5-7(11-4-8-5)6-2-9-10-3-6/h2-4H,1H3,(H,9,10). The first-order valence-electron chi connectivity index (χ1n) is 3.27. The van der Waals surface area contributed by atoms with E-state index in [-0.39, 0.29) is 0 Å². The first-order valence-corrected chi connectivity index (χ1v) is 4.15. The van der Waals surface area contributed by atoms with Gasteiger partial charge in [-0.1, -0.05) is 0 Å². The van der Waals surface area contributed by atoms with E-state index in [1.165, 1.54) is 4.88 Å². The predicted octanol–water partition coefficient (Wildman–Crippen LogP) is 1.84. The third-order valence-corrected chi connectivity index (χ3v) is 2.48. The van der Waals surface area contributed by atoms with Crippen molar-refractivity contribution in [2.45, 2.75) is 6.92 Å². The van der Waals surface area contributed by atoms with E-state index in [1.807, 2.05) is 18.6 Å². The normalized spacial score (nSPS) is 10.3. The third kappa shape index (κ3) is 1.05. The molecule has 0 unspecified atom stereocenters. The minimum absolute atomic E-state index is 1.07. The van der Waals surface area contributed by atoms with E-state index < -0.39 is 0 Å². The van der Waals surface area contributed by atoms with Crippen LogP contribution in [0.4, 0.5) is 0 Å². The maximum absolute atomic E-state index is 4.15. The highest BCUT2D eigenvalue weighted by atomic mass is 32.1. The molecule has 56 valence electrons. The summed E-state index contributed by atoms with van der Waals surface area (Å²) in [7, 11) is 0. The molecule has 3 nitrogen and oxygen atoms in total. The molecule has 0 aliphatic heterocycles. The zero-order valence-corrected chi connectivity index (χ0v) is 6.85. The Labute approximate surface area is 68.1 Å². The van der Waals surface area contributed by atoms with Gasteiger partial charge in [-0.15, -0.1) is 11.3 Å². The van der Waals surface area contributed by atoms with Gasteiger partial charge in [0.05, 0.1) is 22.3 Å². The number of aryl methyl sites for hydroxylation is 1. The lowest BCUT2D eigenvalue weighted by Gasteiger charge is -1.88. The molecule has 2 aromatic heterocycles. The van der Waals surface area contributed by atoms with Crippen LogP contribution in [0.15, 0.2) is 17.9 Å². The lowest BCUT2D eigenvalue weighted by atomic mass is 10.3. The van der Waals surface area contributed by atoms with E-state index in [0.717, 1.165) is 11.3 Å². The van der Waals surface area contributed by atoms with E-state index in [4.69, 9.17) is 0 Å². The Kier molecular flexibility index (Phi) is 1.47. The van der Waals surface area contributed by atoms with Crippen molar-refractivity contribution in [3.05, 3.63) is 23.6 Å². The SMILES string of the molecule is Cc1ncsc1-c1cn[nH]c1. The van der Waals surface area contributed by atoms with Crippen LogP contribution in [0.25, 0.3) is 10.4 Å². The summed E-state index contributed by atoms with van der Waals surface area (Å²) in [6.07, 6.45) is 3.68. The van der Waals surface area contributed by atoms with Gasteiger partial charge in [-0.3, -0.25) is 5.10 Å². The Bertz CT molecular complexity index is 336. The molecule has 0 bridgehead atoms. The highest BCUT2D eigenvalue weighted by Crippen LogP contribution is 2.25. The molecular formula is C7H7N3S. The molecule has 0 radical (unpaired) electrons. The van der Waals surface area contributed by atoms with Crippen molar-refractivity contribution >= 4 is 11.3 Å². The molecule has 0 amide bonds. The summed E-state index contributed by atoms with van der Waals surface area (Å²) in [4.78, 5) is 5.34. The fourth-order valence-electron chi connectivity index (χ4n) is 0.954. The predicted molar refractivity (Wildman–Crippen MR) is 44.4 cm³/mol. The largest absolute Gasteiger partial charge is 0.285 e. The first kappa shape index (κ1) is 6.54. The number of H-pyrrole nitrogens is 1. The van der Waals surface area contributed by atoms with Gasteiger partial charge in [0.15, 0.2) is 0 Å². The van der Waals surface area contributed by atoms with E-state index in [2.05, 4.69) is 15.2 Å². The topological polar surface area (TPSA) is 41.6 Å². The summed E-state index contributed by atoms with van der Waals surface area (Å²) in [5.74, 6) is 0. The Morgan fingerprint density at radius 1 is 1.55 bits per heavy atom. The lowest BCUT2D eigenvalue weighted by Crippen LogP contribution is -1.72. The smallest absolute Gasteiger partial charge is 0.0801 e. The van der Waals surface area contributed by atoms with Crippen LogP contribution in [0.5, 0.6) is 0 Å². The number of hydrogen-bond acceptors (Lipinski definition) is 3. The van der Waals surface area contributed by atoms with Crippen LogP contribution in [0.3, 0.4) is 0 Å². The van der Waals surface area contributed by atoms with Crippen molar-refractivity contribution in [3.8, 4) is 10.4 Å². The maximum atomic E-state index is 4.15. The molecule has 0 saturated heterocycles. The van der Waals surface area contributed by atoms with Gasteiger partial charge in [0.25, 0.3) is 0 Å². The van der Waals surface area contributed by atoms with Gasteiger partial charge in [-0.25, -0.2) is 4.98 Å². The van der Waals surface area contributed by atoms with Crippen LogP contribution in [0, 0.1) is 6.92 Å². The number of rotatable bonds is 1. The Balaban J connectivity index is 2.53. The molecule has 2 aromatic rings. The van der Waals surface area contributed by atoms with Crippen LogP contribution >= 0.6 is 11.3 Å². The fourth-order valence-corrected chi connectivity index (χ4v) is 1.74. The second kappa shape index (κ2) is 2.47. The van der Waals surface area contributed by atoms with Crippen molar-refractivity contribution in [1.29, 1.82) is 0 Å². The van der Waals surface area contributed by atoms with Gasteiger partial charge < -0.3 is 0 Å². The Morgan fingerprint density at radius 2 is 2.45 bits per heavy atom. The molecule has 4 heteroatoms. The van der Waals surface area contributed by atoms with Crippen molar-refractivity contribution in [1.82, 2.24) is 15.2 Å². The van der Waals surface area contributed by atoms with Crippen LogP contribution < -0.4 is 0 Å². The third-order valence-electron chi connectivity index (χ3n) is 1.51. The number of nitrogens with zero attached hydrogens (tertiary/aromatic N) is 2. The molecule has 2 rings (SSSR count). The first-order chi connectivity index (χ1) is 5.38. The number of hydrogen-bond donors (Lipinski definition) is 1. The summed E-state index contributed by atoms with van der Waals surface area (Å²) in [6.45, 7) is 2.00. The van der Waals surface area contributed by atoms with Crippen molar-refractivity contribution in [2.24, 2.45) is 0 Å². The second-order valence-electron chi connectivity index (χ2n) is 2.25. The summed E-state index contributed by atoms with van der Waals surface area (Å²) in [5, 5.41) is 6.65. The second-order valence-corrected chi connectivity index (χ2v) is 3.11. The van der Waals surface area contributed by atoms with Crippen LogP contribution in [0.2, 0.25) is 0 Å². The minimum Gasteiger partial charge on any atom is -0.285 e. The molecule has 0 aliphatic carbocycles. The molecule has 0 spiro atoms. The van der Waals surface area contributed by atoms with Crippen LogP contribution in [-0.4, -0.2) is 15.2 Å². The van der Waals surface area contributed by atoms with Crippen molar-refractivity contribution < 1.29 is 0 Å². The van der Waals surface area contributed by atoms with Crippen molar-refractivity contribution in [2.75, 3.05) is 0 Å². The van der Waals surface area contributed by atoms with Gasteiger partial charge in [0.1, 0.15) is 0 Å². The van der Waals surface area contributed by atoms with Crippen LogP contribution in [-0.2, 0) is 0 Å². The number of aromatic amines is 1. The highest BCUT2D eigenvalue weighted by molar-refractivity contribution is 7.13. The minimum atomic E-state index is 1.07. The molecule has 0 atom stereocenters. The molecule has 0 saturated carbocycles. The zero-order chi connectivity index (χ0) is 7.68. The van der Waals surface area contributed by atoms with E-state index in [9.17, 15) is 0 Å². The zero-order valence-electron chi connectivity index (χ0n) is 6.03. The molecular weight excluding hydrogens is 158 g/mol. The molecule has 0 aromatic carbocycles. The highest BCUT2D eigenvalue weighted by Gasteiger charge is 2.03. The van der Waals surface area contributed by atoms with Gasteiger partial charge in [-0.05, 0) is 6.92 Å². The maximum Gasteiger partial charge on any atom is 0.0801 e. The number of aromatic nitrogens is 3. The molecule has 11 heavy (non-hydrogen) atoms. The number of thiazole rings is 1. The quantitative estimate of drug-likeness (QED) is 0.700. The molecule has 0 aliphatic rings. The number of nitrogens with one attached hydrogen (secondary N) is 1. The average molecular weight is 165 g/mol. The monoisotopic (exact) mass is 165 g/mol. The Hall–Kier alpha value is -1.16. The van der Waals surface area contributed by atoms with Gasteiger partial charge in [-0.2, -0.15) is 5.10 Å². The van der Waals surface area contributed by atoms with E-state index in [0.29, 0.717) is 0 Å². The van der Waals surface area contributed by atoms with Gasteiger partial charge >= 0.3 is 0 Å². The summed E-state index contributed by atoms with van der Waals surface area (Å²) < 4.78 is 0. The van der Waals surface area contributed by atoms with Gasteiger partial charge in [0, 0.05) is 11.8 Å². The Morgan fingerprint density at radius 3 is 3.00 bits per heavy atom. The summed E-state index contributed by atoms with van der Waals surface area (Å²) >= 11 is 1.64.